The predicted octanol–water partition coefficient (Wildman–Crippen LogP) is 0.589. The van der Waals surface area contributed by atoms with E-state index in [9.17, 15) is 17.6 Å². The minimum atomic E-state index is -3.26. The minimum Gasteiger partial charge on any atom is -0.337 e. The van der Waals surface area contributed by atoms with Crippen LogP contribution in [-0.2, 0) is 10.0 Å². The lowest BCUT2D eigenvalue weighted by Gasteiger charge is -2.16. The average molecular weight is 286 g/mol. The maximum absolute atomic E-state index is 12.8. The van der Waals surface area contributed by atoms with Crippen molar-refractivity contribution in [3.05, 3.63) is 35.6 Å². The number of amides is 1. The smallest absolute Gasteiger partial charge is 0.253 e. The normalized spacial score (nSPS) is 19.7. The van der Waals surface area contributed by atoms with Crippen molar-refractivity contribution < 1.29 is 17.6 Å². The van der Waals surface area contributed by atoms with E-state index in [0.717, 1.165) is 6.26 Å². The molecule has 1 aromatic carbocycles. The maximum Gasteiger partial charge on any atom is 0.253 e. The molecule has 1 aliphatic heterocycles. The first kappa shape index (κ1) is 14.0. The van der Waals surface area contributed by atoms with Crippen LogP contribution in [0.1, 0.15) is 16.8 Å². The highest BCUT2D eigenvalue weighted by Gasteiger charge is 2.28. The number of hydrogen-bond acceptors (Lipinski definition) is 3. The molecule has 1 N–H and O–H groups in total. The SMILES string of the molecule is CS(=O)(=O)N[C@H]1CCN(C(=O)c2ccc(F)cc2)C1. The van der Waals surface area contributed by atoms with Crippen LogP contribution in [0.2, 0.25) is 0 Å². The summed E-state index contributed by atoms with van der Waals surface area (Å²) in [6, 6.07) is 5.06. The second-order valence-corrected chi connectivity index (χ2v) is 6.41. The van der Waals surface area contributed by atoms with Crippen LogP contribution < -0.4 is 4.72 Å². The summed E-state index contributed by atoms with van der Waals surface area (Å²) in [5, 5.41) is 0. The number of carbonyl (C=O) groups excluding carboxylic acids is 1. The number of nitrogens with zero attached hydrogens (tertiary/aromatic N) is 1. The van der Waals surface area contributed by atoms with Crippen molar-refractivity contribution in [3.8, 4) is 0 Å². The molecule has 0 aromatic heterocycles. The Labute approximate surface area is 111 Å². The lowest BCUT2D eigenvalue weighted by molar-refractivity contribution is 0.0790. The van der Waals surface area contributed by atoms with Crippen LogP contribution in [0.25, 0.3) is 0 Å². The summed E-state index contributed by atoms with van der Waals surface area (Å²) in [5.74, 6) is -0.604. The van der Waals surface area contributed by atoms with Crippen molar-refractivity contribution in [3.63, 3.8) is 0 Å². The van der Waals surface area contributed by atoms with Gasteiger partial charge in [0.15, 0.2) is 0 Å². The monoisotopic (exact) mass is 286 g/mol. The van der Waals surface area contributed by atoms with Crippen LogP contribution >= 0.6 is 0 Å². The van der Waals surface area contributed by atoms with Crippen LogP contribution in [-0.4, -0.2) is 44.6 Å². The van der Waals surface area contributed by atoms with Crippen LogP contribution in [0.5, 0.6) is 0 Å². The number of benzene rings is 1. The Hall–Kier alpha value is -1.47. The molecule has 7 heteroatoms. The van der Waals surface area contributed by atoms with Crippen molar-refractivity contribution in [1.82, 2.24) is 9.62 Å². The summed E-state index contributed by atoms with van der Waals surface area (Å²) in [5.41, 5.74) is 0.404. The quantitative estimate of drug-likeness (QED) is 0.884. The van der Waals surface area contributed by atoms with Gasteiger partial charge >= 0.3 is 0 Å². The summed E-state index contributed by atoms with van der Waals surface area (Å²) in [6.07, 6.45) is 1.68. The molecule has 19 heavy (non-hydrogen) atoms. The van der Waals surface area contributed by atoms with E-state index >= 15 is 0 Å². The number of sulfonamides is 1. The highest BCUT2D eigenvalue weighted by molar-refractivity contribution is 7.88. The van der Waals surface area contributed by atoms with E-state index in [2.05, 4.69) is 4.72 Å². The van der Waals surface area contributed by atoms with E-state index < -0.39 is 15.8 Å². The molecule has 1 fully saturated rings. The largest absolute Gasteiger partial charge is 0.337 e. The fourth-order valence-corrected chi connectivity index (χ4v) is 2.92. The van der Waals surface area contributed by atoms with E-state index in [1.54, 1.807) is 4.90 Å². The molecule has 1 aromatic rings. The minimum absolute atomic E-state index is 0.210. The number of nitrogens with one attached hydrogen (secondary N) is 1. The molecule has 0 unspecified atom stereocenters. The number of likely N-dealkylation sites (tertiary alicyclic amines) is 1. The molecule has 0 spiro atoms. The van der Waals surface area contributed by atoms with Crippen molar-refractivity contribution in [2.75, 3.05) is 19.3 Å². The molecule has 0 bridgehead atoms. The molecule has 5 nitrogen and oxygen atoms in total. The van der Waals surface area contributed by atoms with Gasteiger partial charge in [-0.05, 0) is 30.7 Å². The summed E-state index contributed by atoms with van der Waals surface area (Å²) in [6.45, 7) is 0.826. The Bertz CT molecular complexity index is 571. The predicted molar refractivity (Wildman–Crippen MR) is 68.7 cm³/mol. The average Bonchev–Trinajstić information content (AvgIpc) is 2.75. The Balaban J connectivity index is 2.01. The van der Waals surface area contributed by atoms with Gasteiger partial charge in [-0.25, -0.2) is 17.5 Å². The zero-order valence-corrected chi connectivity index (χ0v) is 11.3. The third-order valence-electron chi connectivity index (χ3n) is 2.95. The van der Waals surface area contributed by atoms with Gasteiger partial charge in [-0.3, -0.25) is 4.79 Å². The molecule has 0 aliphatic carbocycles. The number of carbonyl (C=O) groups is 1. The second kappa shape index (κ2) is 5.26. The fourth-order valence-electron chi connectivity index (χ4n) is 2.12. The lowest BCUT2D eigenvalue weighted by Crippen LogP contribution is -2.37. The van der Waals surface area contributed by atoms with Gasteiger partial charge in [0.05, 0.1) is 6.26 Å². The summed E-state index contributed by atoms with van der Waals surface area (Å²) < 4.78 is 37.5. The molecule has 1 aliphatic rings. The first-order valence-electron chi connectivity index (χ1n) is 5.87. The first-order valence-corrected chi connectivity index (χ1v) is 7.76. The molecular formula is C12H15FN2O3S. The third-order valence-corrected chi connectivity index (χ3v) is 3.71. The highest BCUT2D eigenvalue weighted by Crippen LogP contribution is 2.14. The van der Waals surface area contributed by atoms with Gasteiger partial charge < -0.3 is 4.90 Å². The molecular weight excluding hydrogens is 271 g/mol. The summed E-state index contributed by atoms with van der Waals surface area (Å²) in [4.78, 5) is 13.7. The summed E-state index contributed by atoms with van der Waals surface area (Å²) in [7, 11) is -3.26. The molecule has 2 rings (SSSR count). The lowest BCUT2D eigenvalue weighted by atomic mass is 10.2. The Morgan fingerprint density at radius 1 is 1.37 bits per heavy atom. The first-order chi connectivity index (χ1) is 8.85. The van der Waals surface area contributed by atoms with Gasteiger partial charge in [0.25, 0.3) is 5.91 Å². The molecule has 1 atom stereocenters. The van der Waals surface area contributed by atoms with Gasteiger partial charge in [0.1, 0.15) is 5.82 Å². The van der Waals surface area contributed by atoms with Crippen molar-refractivity contribution in [2.24, 2.45) is 0 Å². The molecule has 104 valence electrons. The zero-order chi connectivity index (χ0) is 14.0. The number of rotatable bonds is 3. The van der Waals surface area contributed by atoms with Crippen molar-refractivity contribution >= 4 is 15.9 Å². The molecule has 0 saturated carbocycles. The summed E-state index contributed by atoms with van der Waals surface area (Å²) >= 11 is 0. The maximum atomic E-state index is 12.8. The van der Waals surface area contributed by atoms with Crippen molar-refractivity contribution in [1.29, 1.82) is 0 Å². The molecule has 1 heterocycles. The van der Waals surface area contributed by atoms with Crippen LogP contribution in [0, 0.1) is 5.82 Å². The van der Waals surface area contributed by atoms with E-state index in [4.69, 9.17) is 0 Å². The Kier molecular flexibility index (Phi) is 3.86. The van der Waals surface area contributed by atoms with Crippen molar-refractivity contribution in [2.45, 2.75) is 12.5 Å². The highest BCUT2D eigenvalue weighted by atomic mass is 32.2. The van der Waals surface area contributed by atoms with E-state index in [0.29, 0.717) is 25.1 Å². The van der Waals surface area contributed by atoms with Crippen LogP contribution in [0.3, 0.4) is 0 Å². The van der Waals surface area contributed by atoms with Gasteiger partial charge in [-0.15, -0.1) is 0 Å². The number of hydrogen-bond donors (Lipinski definition) is 1. The third kappa shape index (κ3) is 3.74. The topological polar surface area (TPSA) is 66.5 Å². The van der Waals surface area contributed by atoms with E-state index in [1.165, 1.54) is 24.3 Å². The Morgan fingerprint density at radius 3 is 2.58 bits per heavy atom. The Morgan fingerprint density at radius 2 is 2.00 bits per heavy atom. The van der Waals surface area contributed by atoms with E-state index in [1.807, 2.05) is 0 Å². The number of halogens is 1. The standard InChI is InChI=1S/C12H15FN2O3S/c1-19(17,18)14-11-6-7-15(8-11)12(16)9-2-4-10(13)5-3-9/h2-5,11,14H,6-8H2,1H3/t11-/m0/s1. The molecule has 1 saturated heterocycles. The van der Waals surface area contributed by atoms with Gasteiger partial charge in [0.2, 0.25) is 10.0 Å². The van der Waals surface area contributed by atoms with Gasteiger partial charge in [-0.2, -0.15) is 0 Å². The van der Waals surface area contributed by atoms with Gasteiger partial charge in [0, 0.05) is 24.7 Å². The fraction of sp³-hybridized carbons (Fsp3) is 0.417. The van der Waals surface area contributed by atoms with Crippen LogP contribution in [0.15, 0.2) is 24.3 Å². The molecule has 1 amide bonds. The van der Waals surface area contributed by atoms with Gasteiger partial charge in [-0.1, -0.05) is 0 Å². The second-order valence-electron chi connectivity index (χ2n) is 4.63. The van der Waals surface area contributed by atoms with Crippen LogP contribution in [0.4, 0.5) is 4.39 Å². The van der Waals surface area contributed by atoms with E-state index in [-0.39, 0.29) is 11.9 Å². The molecule has 0 radical (unpaired) electrons. The zero-order valence-electron chi connectivity index (χ0n) is 10.5.